The van der Waals surface area contributed by atoms with Gasteiger partial charge in [0.05, 0.1) is 6.61 Å². The van der Waals surface area contributed by atoms with Crippen LogP contribution in [0.1, 0.15) is 38.3 Å². The van der Waals surface area contributed by atoms with Gasteiger partial charge in [0.25, 0.3) is 0 Å². The van der Waals surface area contributed by atoms with E-state index in [9.17, 15) is 0 Å². The Morgan fingerprint density at radius 2 is 1.89 bits per heavy atom. The zero-order valence-corrected chi connectivity index (χ0v) is 11.8. The molecule has 1 N–H and O–H groups in total. The maximum absolute atomic E-state index is 5.45. The van der Waals surface area contributed by atoms with Crippen LogP contribution in [0.4, 0.5) is 0 Å². The van der Waals surface area contributed by atoms with Crippen LogP contribution in [0.2, 0.25) is 0 Å². The van der Waals surface area contributed by atoms with E-state index in [-0.39, 0.29) is 5.54 Å². The minimum absolute atomic E-state index is 0.163. The first-order valence-corrected chi connectivity index (χ1v) is 6.98. The summed E-state index contributed by atoms with van der Waals surface area (Å²) in [5, 5.41) is 3.61. The van der Waals surface area contributed by atoms with E-state index in [1.807, 2.05) is 0 Å². The maximum atomic E-state index is 5.45. The summed E-state index contributed by atoms with van der Waals surface area (Å²) in [6, 6.07) is 8.99. The lowest BCUT2D eigenvalue weighted by Gasteiger charge is -2.23. The van der Waals surface area contributed by atoms with Crippen LogP contribution in [0, 0.1) is 5.92 Å². The molecule has 1 aromatic carbocycles. The van der Waals surface area contributed by atoms with Crippen molar-refractivity contribution in [3.63, 3.8) is 0 Å². The summed E-state index contributed by atoms with van der Waals surface area (Å²) < 4.78 is 5.45. The second kappa shape index (κ2) is 5.85. The van der Waals surface area contributed by atoms with Crippen LogP contribution in [0.25, 0.3) is 0 Å². The number of rotatable bonds is 5. The van der Waals surface area contributed by atoms with Crippen LogP contribution in [-0.4, -0.2) is 18.8 Å². The van der Waals surface area contributed by atoms with Crippen molar-refractivity contribution in [1.82, 2.24) is 5.32 Å². The van der Waals surface area contributed by atoms with Crippen LogP contribution in [-0.2, 0) is 17.7 Å². The zero-order chi connectivity index (χ0) is 13.0. The predicted octanol–water partition coefficient (Wildman–Crippen LogP) is 3.15. The van der Waals surface area contributed by atoms with Gasteiger partial charge >= 0.3 is 0 Å². The van der Waals surface area contributed by atoms with Crippen molar-refractivity contribution in [3.05, 3.63) is 35.4 Å². The molecule has 2 heteroatoms. The van der Waals surface area contributed by atoms with Crippen molar-refractivity contribution in [3.8, 4) is 0 Å². The van der Waals surface area contributed by atoms with Crippen molar-refractivity contribution in [1.29, 1.82) is 0 Å². The minimum Gasteiger partial charge on any atom is -0.379 e. The maximum Gasteiger partial charge on any atom is 0.0646 e. The van der Waals surface area contributed by atoms with Gasteiger partial charge in [0.2, 0.25) is 0 Å². The van der Waals surface area contributed by atoms with E-state index in [1.165, 1.54) is 17.5 Å². The van der Waals surface area contributed by atoms with E-state index in [0.29, 0.717) is 0 Å². The highest BCUT2D eigenvalue weighted by atomic mass is 16.5. The third-order valence-corrected chi connectivity index (χ3v) is 3.61. The summed E-state index contributed by atoms with van der Waals surface area (Å²) in [6.07, 6.45) is 2.28. The molecule has 1 atom stereocenters. The molecular weight excluding hydrogens is 222 g/mol. The topological polar surface area (TPSA) is 21.3 Å². The van der Waals surface area contributed by atoms with Crippen molar-refractivity contribution >= 4 is 0 Å². The third-order valence-electron chi connectivity index (χ3n) is 3.61. The monoisotopic (exact) mass is 247 g/mol. The summed E-state index contributed by atoms with van der Waals surface area (Å²) in [5.74, 6) is 0.725. The molecule has 0 bridgehead atoms. The number of benzene rings is 1. The highest BCUT2D eigenvalue weighted by Crippen LogP contribution is 2.18. The van der Waals surface area contributed by atoms with Gasteiger partial charge in [0.1, 0.15) is 0 Å². The van der Waals surface area contributed by atoms with Crippen LogP contribution < -0.4 is 5.32 Å². The Hall–Kier alpha value is -0.860. The molecule has 0 amide bonds. The Balaban J connectivity index is 1.86. The van der Waals surface area contributed by atoms with Gasteiger partial charge in [-0.1, -0.05) is 38.1 Å². The first kappa shape index (κ1) is 13.6. The average molecular weight is 247 g/mol. The predicted molar refractivity (Wildman–Crippen MR) is 75.7 cm³/mol. The van der Waals surface area contributed by atoms with Crippen molar-refractivity contribution in [2.75, 3.05) is 13.2 Å². The van der Waals surface area contributed by atoms with E-state index in [0.717, 1.165) is 32.1 Å². The number of hydrogen-bond donors (Lipinski definition) is 1. The lowest BCUT2D eigenvalue weighted by molar-refractivity contribution is 0.171. The number of nitrogens with one attached hydrogen (secondary N) is 1. The Morgan fingerprint density at radius 3 is 2.44 bits per heavy atom. The lowest BCUT2D eigenvalue weighted by Crippen LogP contribution is -2.42. The van der Waals surface area contributed by atoms with Gasteiger partial charge < -0.3 is 10.1 Å². The minimum atomic E-state index is 0.163. The highest BCUT2D eigenvalue weighted by Gasteiger charge is 2.28. The van der Waals surface area contributed by atoms with E-state index in [2.05, 4.69) is 50.4 Å². The van der Waals surface area contributed by atoms with Gasteiger partial charge in [0.15, 0.2) is 0 Å². The molecule has 0 spiro atoms. The van der Waals surface area contributed by atoms with E-state index >= 15 is 0 Å². The second-order valence-electron chi connectivity index (χ2n) is 6.13. The molecule has 2 nitrogen and oxygen atoms in total. The molecular formula is C16H25NO. The quantitative estimate of drug-likeness (QED) is 0.863. The number of ether oxygens (including phenoxy) is 1. The molecule has 0 saturated carbocycles. The fourth-order valence-electron chi connectivity index (χ4n) is 2.39. The van der Waals surface area contributed by atoms with Gasteiger partial charge in [-0.3, -0.25) is 0 Å². The standard InChI is InChI=1S/C16H25NO/c1-13(2)10-14-4-6-15(7-5-14)11-17-16(3)8-9-18-12-16/h4-7,13,17H,8-12H2,1-3H3. The largest absolute Gasteiger partial charge is 0.379 e. The molecule has 100 valence electrons. The van der Waals surface area contributed by atoms with Crippen LogP contribution >= 0.6 is 0 Å². The van der Waals surface area contributed by atoms with Crippen LogP contribution in [0.5, 0.6) is 0 Å². The summed E-state index contributed by atoms with van der Waals surface area (Å²) in [7, 11) is 0. The molecule has 1 aromatic rings. The van der Waals surface area contributed by atoms with Crippen LogP contribution in [0.3, 0.4) is 0 Å². The van der Waals surface area contributed by atoms with Gasteiger partial charge in [-0.05, 0) is 36.8 Å². The Bertz CT molecular complexity index is 363. The molecule has 1 aliphatic rings. The molecule has 18 heavy (non-hydrogen) atoms. The molecule has 1 heterocycles. The van der Waals surface area contributed by atoms with Gasteiger partial charge in [-0.15, -0.1) is 0 Å². The molecule has 1 aliphatic heterocycles. The van der Waals surface area contributed by atoms with E-state index in [4.69, 9.17) is 4.74 Å². The normalized spacial score (nSPS) is 23.8. The second-order valence-corrected chi connectivity index (χ2v) is 6.13. The first-order chi connectivity index (χ1) is 8.57. The molecule has 1 saturated heterocycles. The zero-order valence-electron chi connectivity index (χ0n) is 11.8. The summed E-state index contributed by atoms with van der Waals surface area (Å²) in [6.45, 7) is 9.41. The molecule has 1 fully saturated rings. The summed E-state index contributed by atoms with van der Waals surface area (Å²) in [4.78, 5) is 0. The first-order valence-electron chi connectivity index (χ1n) is 6.98. The summed E-state index contributed by atoms with van der Waals surface area (Å²) in [5.41, 5.74) is 2.95. The molecule has 0 aliphatic carbocycles. The molecule has 0 radical (unpaired) electrons. The van der Waals surface area contributed by atoms with Crippen molar-refractivity contribution in [2.24, 2.45) is 5.92 Å². The Labute approximate surface area is 111 Å². The van der Waals surface area contributed by atoms with Gasteiger partial charge in [-0.25, -0.2) is 0 Å². The van der Waals surface area contributed by atoms with E-state index < -0.39 is 0 Å². The van der Waals surface area contributed by atoms with Crippen LogP contribution in [0.15, 0.2) is 24.3 Å². The Kier molecular flexibility index (Phi) is 4.41. The van der Waals surface area contributed by atoms with Crippen molar-refractivity contribution < 1.29 is 4.74 Å². The molecule has 2 rings (SSSR count). The Morgan fingerprint density at radius 1 is 1.22 bits per heavy atom. The molecule has 0 aromatic heterocycles. The van der Waals surface area contributed by atoms with Crippen molar-refractivity contribution in [2.45, 2.75) is 45.7 Å². The fraction of sp³-hybridized carbons (Fsp3) is 0.625. The van der Waals surface area contributed by atoms with Gasteiger partial charge in [0, 0.05) is 18.7 Å². The smallest absolute Gasteiger partial charge is 0.0646 e. The summed E-state index contributed by atoms with van der Waals surface area (Å²) >= 11 is 0. The highest BCUT2D eigenvalue weighted by molar-refractivity contribution is 5.23. The SMILES string of the molecule is CC(C)Cc1ccc(CNC2(C)CCOC2)cc1. The lowest BCUT2D eigenvalue weighted by atomic mass is 10.00. The number of hydrogen-bond acceptors (Lipinski definition) is 2. The fourth-order valence-corrected chi connectivity index (χ4v) is 2.39. The third kappa shape index (κ3) is 3.82. The van der Waals surface area contributed by atoms with Gasteiger partial charge in [-0.2, -0.15) is 0 Å². The average Bonchev–Trinajstić information content (AvgIpc) is 2.75. The van der Waals surface area contributed by atoms with E-state index in [1.54, 1.807) is 0 Å². The molecule has 1 unspecified atom stereocenters.